The maximum atomic E-state index is 13.6. The number of hydrogen-bond donors (Lipinski definition) is 4. The zero-order valence-electron chi connectivity index (χ0n) is 21.7. The second kappa shape index (κ2) is 13.8. The third-order valence-electron chi connectivity index (χ3n) is 5.67. The number of carbonyl (C=O) groups is 4. The van der Waals surface area contributed by atoms with Gasteiger partial charge in [-0.15, -0.1) is 0 Å². The lowest BCUT2D eigenvalue weighted by atomic mass is 9.97. The number of rotatable bonds is 10. The molecular formula is C21H33NO16S. The zero-order chi connectivity index (χ0) is 29.7. The number of sulfonamides is 1. The summed E-state index contributed by atoms with van der Waals surface area (Å²) in [6.07, 6.45) is -13.3. The molecule has 0 aromatic heterocycles. The fraction of sp³-hybridized carbons (Fsp3) is 0.810. The van der Waals surface area contributed by atoms with Crippen LogP contribution in [0.3, 0.4) is 0 Å². The van der Waals surface area contributed by atoms with Gasteiger partial charge in [0.1, 0.15) is 31.0 Å². The standard InChI is InChI=1S/C21H33NO16S/c1-8(24)33-7-13-17(34-9(2)25)18(35-10(3)26)19(36-11(4)27)21(38-13)39(30,31)22-14-15(28)12(6-23)37-20(32-5)16(14)29/h12-23,28-29H,6-7H2,1-5H3/t12-,13-,14-,15-,16-,17-,18+,19-,20-,21+/m1/s1. The number of nitrogens with one attached hydrogen (secondary N) is 1. The first-order chi connectivity index (χ1) is 18.1. The lowest BCUT2D eigenvalue weighted by molar-refractivity contribution is -0.269. The molecule has 0 aromatic carbocycles. The molecule has 0 unspecified atom stereocenters. The van der Waals surface area contributed by atoms with E-state index in [4.69, 9.17) is 33.2 Å². The van der Waals surface area contributed by atoms with Crippen molar-refractivity contribution in [3.05, 3.63) is 0 Å². The molecule has 2 fully saturated rings. The van der Waals surface area contributed by atoms with E-state index in [1.54, 1.807) is 0 Å². The summed E-state index contributed by atoms with van der Waals surface area (Å²) in [5.41, 5.74) is -2.23. The van der Waals surface area contributed by atoms with Crippen molar-refractivity contribution in [1.82, 2.24) is 4.72 Å². The Balaban J connectivity index is 2.56. The van der Waals surface area contributed by atoms with Crippen LogP contribution < -0.4 is 4.72 Å². The van der Waals surface area contributed by atoms with Gasteiger partial charge in [-0.2, -0.15) is 0 Å². The zero-order valence-corrected chi connectivity index (χ0v) is 22.6. The Morgan fingerprint density at radius 3 is 1.82 bits per heavy atom. The molecule has 2 saturated heterocycles. The first-order valence-electron chi connectivity index (χ1n) is 11.6. The molecule has 0 radical (unpaired) electrons. The Morgan fingerprint density at radius 2 is 1.33 bits per heavy atom. The highest BCUT2D eigenvalue weighted by Gasteiger charge is 2.57. The van der Waals surface area contributed by atoms with Gasteiger partial charge in [0.2, 0.25) is 15.5 Å². The van der Waals surface area contributed by atoms with Crippen molar-refractivity contribution >= 4 is 33.9 Å². The van der Waals surface area contributed by atoms with Crippen molar-refractivity contribution in [3.63, 3.8) is 0 Å². The van der Waals surface area contributed by atoms with Crippen molar-refractivity contribution in [2.75, 3.05) is 20.3 Å². The minimum atomic E-state index is -4.93. The molecule has 2 aliphatic rings. The Hall–Kier alpha value is -2.45. The SMILES string of the molecule is CO[C@@H]1O[C@H](CO)[C@@H](O)[C@@H](NS(=O)(=O)[C@@H]2O[C@H](COC(C)=O)[C@@H](OC(C)=O)[C@H](OC(C)=O)[C@H]2OC(C)=O)[C@H]1O. The van der Waals surface area contributed by atoms with Gasteiger partial charge in [-0.3, -0.25) is 19.2 Å². The van der Waals surface area contributed by atoms with Crippen LogP contribution in [-0.2, 0) is 62.4 Å². The summed E-state index contributed by atoms with van der Waals surface area (Å²) in [6.45, 7) is 2.48. The van der Waals surface area contributed by atoms with Crippen molar-refractivity contribution in [2.45, 2.75) is 88.2 Å². The highest BCUT2D eigenvalue weighted by atomic mass is 32.2. The van der Waals surface area contributed by atoms with Crippen LogP contribution in [-0.4, -0.2) is 128 Å². The van der Waals surface area contributed by atoms with Gasteiger partial charge >= 0.3 is 23.9 Å². The van der Waals surface area contributed by atoms with Crippen LogP contribution >= 0.6 is 0 Å². The number of esters is 4. The van der Waals surface area contributed by atoms with E-state index in [9.17, 15) is 42.9 Å². The third-order valence-corrected chi connectivity index (χ3v) is 7.26. The van der Waals surface area contributed by atoms with Crippen LogP contribution in [0.4, 0.5) is 0 Å². The molecule has 0 aliphatic carbocycles. The van der Waals surface area contributed by atoms with Crippen LogP contribution in [0, 0.1) is 0 Å². The molecule has 4 N–H and O–H groups in total. The molecular weight excluding hydrogens is 554 g/mol. The molecule has 10 atom stereocenters. The minimum Gasteiger partial charge on any atom is -0.463 e. The van der Waals surface area contributed by atoms with Crippen LogP contribution in [0.2, 0.25) is 0 Å². The fourth-order valence-electron chi connectivity index (χ4n) is 4.12. The average Bonchev–Trinajstić information content (AvgIpc) is 2.82. The van der Waals surface area contributed by atoms with Gasteiger partial charge in [0.05, 0.1) is 12.6 Å². The third kappa shape index (κ3) is 8.27. The predicted molar refractivity (Wildman–Crippen MR) is 123 cm³/mol. The number of aliphatic hydroxyl groups is 3. The van der Waals surface area contributed by atoms with E-state index in [2.05, 4.69) is 0 Å². The van der Waals surface area contributed by atoms with Crippen LogP contribution in [0.1, 0.15) is 27.7 Å². The van der Waals surface area contributed by atoms with E-state index in [0.29, 0.717) is 0 Å². The van der Waals surface area contributed by atoms with Gasteiger partial charge in [0.25, 0.3) is 0 Å². The number of aliphatic hydroxyl groups excluding tert-OH is 3. The largest absolute Gasteiger partial charge is 0.463 e. The highest BCUT2D eigenvalue weighted by molar-refractivity contribution is 7.90. The molecule has 2 heterocycles. The van der Waals surface area contributed by atoms with Gasteiger partial charge < -0.3 is 48.5 Å². The number of carbonyl (C=O) groups excluding carboxylic acids is 4. The summed E-state index contributed by atoms with van der Waals surface area (Å²) in [5, 5.41) is 30.6. The smallest absolute Gasteiger partial charge is 0.303 e. The lowest BCUT2D eigenvalue weighted by Gasteiger charge is -2.45. The Bertz CT molecular complexity index is 988. The summed E-state index contributed by atoms with van der Waals surface area (Å²) in [4.78, 5) is 47.1. The summed E-state index contributed by atoms with van der Waals surface area (Å²) in [7, 11) is -3.80. The van der Waals surface area contributed by atoms with E-state index in [-0.39, 0.29) is 0 Å². The Morgan fingerprint density at radius 1 is 0.795 bits per heavy atom. The molecule has 2 rings (SSSR count). The maximum absolute atomic E-state index is 13.6. The normalized spacial score (nSPS) is 35.0. The van der Waals surface area contributed by atoms with E-state index in [0.717, 1.165) is 34.8 Å². The van der Waals surface area contributed by atoms with Crippen LogP contribution in [0.15, 0.2) is 0 Å². The highest BCUT2D eigenvalue weighted by Crippen LogP contribution is 2.32. The van der Waals surface area contributed by atoms with Crippen molar-refractivity contribution in [1.29, 1.82) is 0 Å². The maximum Gasteiger partial charge on any atom is 0.303 e. The number of ether oxygens (including phenoxy) is 7. The quantitative estimate of drug-likeness (QED) is 0.143. The molecule has 17 nitrogen and oxygen atoms in total. The monoisotopic (exact) mass is 587 g/mol. The molecule has 39 heavy (non-hydrogen) atoms. The van der Waals surface area contributed by atoms with Crippen LogP contribution in [0.25, 0.3) is 0 Å². The minimum absolute atomic E-state index is 0.676. The van der Waals surface area contributed by atoms with Crippen molar-refractivity contribution < 1.29 is 76.1 Å². The second-order valence-electron chi connectivity index (χ2n) is 8.70. The van der Waals surface area contributed by atoms with Gasteiger partial charge in [0, 0.05) is 34.8 Å². The van der Waals surface area contributed by atoms with Gasteiger partial charge in [-0.25, -0.2) is 13.1 Å². The summed E-state index contributed by atoms with van der Waals surface area (Å²) in [5.74, 6) is -3.73. The topological polar surface area (TPSA) is 240 Å². The van der Waals surface area contributed by atoms with Crippen molar-refractivity contribution in [3.8, 4) is 0 Å². The fourth-order valence-corrected chi connectivity index (χ4v) is 5.76. The lowest BCUT2D eigenvalue weighted by Crippen LogP contribution is -2.69. The van der Waals surface area contributed by atoms with Gasteiger partial charge in [-0.1, -0.05) is 0 Å². The molecule has 0 amide bonds. The summed E-state index contributed by atoms with van der Waals surface area (Å²) < 4.78 is 65.5. The van der Waals surface area contributed by atoms with Gasteiger partial charge in [-0.05, 0) is 0 Å². The molecule has 0 spiro atoms. The van der Waals surface area contributed by atoms with E-state index < -0.39 is 108 Å². The number of methoxy groups -OCH3 is 1. The predicted octanol–water partition coefficient (Wildman–Crippen LogP) is -3.56. The Labute approximate surface area is 223 Å². The molecule has 0 saturated carbocycles. The molecule has 18 heteroatoms. The first kappa shape index (κ1) is 32.8. The average molecular weight is 588 g/mol. The molecule has 0 aromatic rings. The molecule has 2 aliphatic heterocycles. The molecule has 0 bridgehead atoms. The second-order valence-corrected chi connectivity index (χ2v) is 10.5. The van der Waals surface area contributed by atoms with Crippen molar-refractivity contribution in [2.24, 2.45) is 0 Å². The van der Waals surface area contributed by atoms with E-state index >= 15 is 0 Å². The Kier molecular flexibility index (Phi) is 11.6. The summed E-state index contributed by atoms with van der Waals surface area (Å²) >= 11 is 0. The van der Waals surface area contributed by atoms with Gasteiger partial charge in [0.15, 0.2) is 24.6 Å². The van der Waals surface area contributed by atoms with Crippen LogP contribution in [0.5, 0.6) is 0 Å². The first-order valence-corrected chi connectivity index (χ1v) is 13.1. The summed E-state index contributed by atoms with van der Waals surface area (Å²) in [6, 6.07) is -1.74. The van der Waals surface area contributed by atoms with E-state index in [1.807, 2.05) is 4.72 Å². The molecule has 224 valence electrons. The number of hydrogen-bond acceptors (Lipinski definition) is 16. The van der Waals surface area contributed by atoms with E-state index in [1.165, 1.54) is 0 Å².